The number of aromatic nitrogens is 1. The number of aliphatic imine (C=N–C) groups is 1. The number of fused-ring (bicyclic) bond motifs is 1. The molecule has 84 valence electrons. The van der Waals surface area contributed by atoms with Crippen LogP contribution in [0.25, 0.3) is 0 Å². The van der Waals surface area contributed by atoms with Gasteiger partial charge < -0.3 is 10.3 Å². The van der Waals surface area contributed by atoms with E-state index in [2.05, 4.69) is 15.3 Å². The first kappa shape index (κ1) is 9.84. The van der Waals surface area contributed by atoms with Gasteiger partial charge in [-0.1, -0.05) is 30.3 Å². The summed E-state index contributed by atoms with van der Waals surface area (Å²) >= 11 is 0. The average Bonchev–Trinajstić information content (AvgIpc) is 2.72. The lowest BCUT2D eigenvalue weighted by Gasteiger charge is -2.10. The standard InChI is InChI=1S/C13H11N3O/c17-13-12(9-4-2-1-3-5-9)15-7-10-6-14-8-11(10)16-13/h1-8,12,14H,(H,16,17). The highest BCUT2D eigenvalue weighted by atomic mass is 16.2. The van der Waals surface area contributed by atoms with Crippen LogP contribution in [-0.4, -0.2) is 17.1 Å². The fourth-order valence-corrected chi connectivity index (χ4v) is 1.89. The van der Waals surface area contributed by atoms with Crippen molar-refractivity contribution in [3.63, 3.8) is 0 Å². The number of hydrogen-bond acceptors (Lipinski definition) is 2. The Morgan fingerprint density at radius 2 is 1.94 bits per heavy atom. The lowest BCUT2D eigenvalue weighted by molar-refractivity contribution is -0.117. The molecule has 0 spiro atoms. The van der Waals surface area contributed by atoms with Gasteiger partial charge in [-0.15, -0.1) is 0 Å². The van der Waals surface area contributed by atoms with Crippen LogP contribution in [0.1, 0.15) is 17.2 Å². The van der Waals surface area contributed by atoms with Crippen LogP contribution in [0.15, 0.2) is 47.7 Å². The molecule has 3 rings (SSSR count). The molecule has 1 unspecified atom stereocenters. The molecule has 2 N–H and O–H groups in total. The molecule has 0 radical (unpaired) electrons. The maximum Gasteiger partial charge on any atom is 0.253 e. The Kier molecular flexibility index (Phi) is 2.26. The minimum absolute atomic E-state index is 0.106. The first-order valence-electron chi connectivity index (χ1n) is 5.40. The second kappa shape index (κ2) is 3.90. The second-order valence-corrected chi connectivity index (χ2v) is 3.91. The van der Waals surface area contributed by atoms with Gasteiger partial charge >= 0.3 is 0 Å². The zero-order chi connectivity index (χ0) is 11.7. The molecule has 1 aromatic carbocycles. The smallest absolute Gasteiger partial charge is 0.253 e. The number of aromatic amines is 1. The maximum atomic E-state index is 12.0. The number of carbonyl (C=O) groups excluding carboxylic acids is 1. The van der Waals surface area contributed by atoms with Crippen molar-refractivity contribution in [1.82, 2.24) is 4.98 Å². The second-order valence-electron chi connectivity index (χ2n) is 3.91. The summed E-state index contributed by atoms with van der Waals surface area (Å²) in [5, 5.41) is 2.86. The minimum atomic E-state index is -0.469. The summed E-state index contributed by atoms with van der Waals surface area (Å²) in [6.07, 6.45) is 5.29. The van der Waals surface area contributed by atoms with Gasteiger partial charge in [-0.3, -0.25) is 9.79 Å². The molecule has 4 heteroatoms. The average molecular weight is 225 g/mol. The largest absolute Gasteiger partial charge is 0.365 e. The summed E-state index contributed by atoms with van der Waals surface area (Å²) in [5.74, 6) is -0.106. The van der Waals surface area contributed by atoms with E-state index >= 15 is 0 Å². The quantitative estimate of drug-likeness (QED) is 0.767. The normalized spacial score (nSPS) is 18.4. The summed E-state index contributed by atoms with van der Waals surface area (Å²) in [6, 6.07) is 9.08. The third kappa shape index (κ3) is 1.73. The number of carbonyl (C=O) groups is 1. The Balaban J connectivity index is 1.99. The molecule has 1 aliphatic heterocycles. The molecule has 2 aromatic rings. The molecule has 1 aliphatic rings. The molecule has 1 atom stereocenters. The van der Waals surface area contributed by atoms with Crippen molar-refractivity contribution < 1.29 is 4.79 Å². The van der Waals surface area contributed by atoms with Crippen LogP contribution in [0, 0.1) is 0 Å². The van der Waals surface area contributed by atoms with Crippen molar-refractivity contribution in [1.29, 1.82) is 0 Å². The van der Waals surface area contributed by atoms with Gasteiger partial charge in [-0.05, 0) is 5.56 Å². The molecule has 0 saturated heterocycles. The fourth-order valence-electron chi connectivity index (χ4n) is 1.89. The van der Waals surface area contributed by atoms with E-state index < -0.39 is 6.04 Å². The van der Waals surface area contributed by atoms with Gasteiger partial charge in [0.2, 0.25) is 0 Å². The van der Waals surface area contributed by atoms with Crippen molar-refractivity contribution in [3.05, 3.63) is 53.9 Å². The first-order chi connectivity index (χ1) is 8.34. The summed E-state index contributed by atoms with van der Waals surface area (Å²) in [6.45, 7) is 0. The molecule has 0 aliphatic carbocycles. The van der Waals surface area contributed by atoms with E-state index in [1.807, 2.05) is 36.5 Å². The van der Waals surface area contributed by atoms with E-state index in [9.17, 15) is 4.79 Å². The van der Waals surface area contributed by atoms with Crippen LogP contribution in [-0.2, 0) is 4.79 Å². The predicted octanol–water partition coefficient (Wildman–Crippen LogP) is 2.13. The van der Waals surface area contributed by atoms with Gasteiger partial charge in [0.25, 0.3) is 5.91 Å². The Bertz CT molecular complexity index is 571. The van der Waals surface area contributed by atoms with Crippen LogP contribution < -0.4 is 5.32 Å². The Hall–Kier alpha value is -2.36. The van der Waals surface area contributed by atoms with Crippen LogP contribution in [0.2, 0.25) is 0 Å². The van der Waals surface area contributed by atoms with Gasteiger partial charge in [-0.2, -0.15) is 0 Å². The molecule has 4 nitrogen and oxygen atoms in total. The van der Waals surface area contributed by atoms with E-state index in [1.54, 1.807) is 12.4 Å². The van der Waals surface area contributed by atoms with Gasteiger partial charge in [0.05, 0.1) is 5.69 Å². The Labute approximate surface area is 98.4 Å². The molecular formula is C13H11N3O. The summed E-state index contributed by atoms with van der Waals surface area (Å²) < 4.78 is 0. The van der Waals surface area contributed by atoms with Crippen molar-refractivity contribution in [2.75, 3.05) is 5.32 Å². The zero-order valence-electron chi connectivity index (χ0n) is 9.05. The van der Waals surface area contributed by atoms with Gasteiger partial charge in [0, 0.05) is 24.2 Å². The Morgan fingerprint density at radius 3 is 2.76 bits per heavy atom. The first-order valence-corrected chi connectivity index (χ1v) is 5.40. The molecular weight excluding hydrogens is 214 g/mol. The number of amides is 1. The highest BCUT2D eigenvalue weighted by Gasteiger charge is 2.22. The van der Waals surface area contributed by atoms with Crippen molar-refractivity contribution >= 4 is 17.8 Å². The monoisotopic (exact) mass is 225 g/mol. The lowest BCUT2D eigenvalue weighted by Crippen LogP contribution is -2.18. The Morgan fingerprint density at radius 1 is 1.12 bits per heavy atom. The number of H-pyrrole nitrogens is 1. The van der Waals surface area contributed by atoms with E-state index in [0.29, 0.717) is 0 Å². The summed E-state index contributed by atoms with van der Waals surface area (Å²) in [7, 11) is 0. The predicted molar refractivity (Wildman–Crippen MR) is 66.2 cm³/mol. The lowest BCUT2D eigenvalue weighted by atomic mass is 10.1. The number of hydrogen-bond donors (Lipinski definition) is 2. The van der Waals surface area contributed by atoms with Gasteiger partial charge in [0.1, 0.15) is 0 Å². The third-order valence-corrected chi connectivity index (χ3v) is 2.76. The maximum absolute atomic E-state index is 12.0. The van der Waals surface area contributed by atoms with Crippen LogP contribution in [0.4, 0.5) is 5.69 Å². The van der Waals surface area contributed by atoms with Crippen LogP contribution in [0.3, 0.4) is 0 Å². The van der Waals surface area contributed by atoms with Crippen LogP contribution in [0.5, 0.6) is 0 Å². The number of benzene rings is 1. The van der Waals surface area contributed by atoms with Crippen molar-refractivity contribution in [2.45, 2.75) is 6.04 Å². The molecule has 2 heterocycles. The highest BCUT2D eigenvalue weighted by Crippen LogP contribution is 2.24. The molecule has 0 fully saturated rings. The van der Waals surface area contributed by atoms with E-state index in [0.717, 1.165) is 16.8 Å². The SMILES string of the molecule is O=C1Nc2c[nH]cc2C=NC1c1ccccc1. The number of nitrogens with zero attached hydrogens (tertiary/aromatic N) is 1. The van der Waals surface area contributed by atoms with Crippen molar-refractivity contribution in [2.24, 2.45) is 4.99 Å². The molecule has 0 saturated carbocycles. The molecule has 17 heavy (non-hydrogen) atoms. The van der Waals surface area contributed by atoms with E-state index in [4.69, 9.17) is 0 Å². The molecule has 1 aromatic heterocycles. The number of rotatable bonds is 1. The topological polar surface area (TPSA) is 57.2 Å². The zero-order valence-corrected chi connectivity index (χ0v) is 9.05. The number of nitrogens with one attached hydrogen (secondary N) is 2. The summed E-state index contributed by atoms with van der Waals surface area (Å²) in [4.78, 5) is 19.3. The molecule has 0 bridgehead atoms. The van der Waals surface area contributed by atoms with Crippen molar-refractivity contribution in [3.8, 4) is 0 Å². The van der Waals surface area contributed by atoms with Gasteiger partial charge in [-0.25, -0.2) is 0 Å². The number of anilines is 1. The van der Waals surface area contributed by atoms with Crippen LogP contribution >= 0.6 is 0 Å². The van der Waals surface area contributed by atoms with E-state index in [-0.39, 0.29) is 5.91 Å². The van der Waals surface area contributed by atoms with Gasteiger partial charge in [0.15, 0.2) is 6.04 Å². The molecule has 1 amide bonds. The van der Waals surface area contributed by atoms with E-state index in [1.165, 1.54) is 0 Å². The third-order valence-electron chi connectivity index (χ3n) is 2.76. The fraction of sp³-hybridized carbons (Fsp3) is 0.0769. The summed E-state index contributed by atoms with van der Waals surface area (Å²) in [5.41, 5.74) is 2.57. The highest BCUT2D eigenvalue weighted by molar-refractivity contribution is 6.03. The minimum Gasteiger partial charge on any atom is -0.365 e.